The Balaban J connectivity index is 2.31. The van der Waals surface area contributed by atoms with Crippen LogP contribution in [-0.2, 0) is 0 Å². The van der Waals surface area contributed by atoms with E-state index in [1.807, 2.05) is 6.92 Å². The van der Waals surface area contributed by atoms with Gasteiger partial charge in [-0.1, -0.05) is 0 Å². The maximum Gasteiger partial charge on any atom is 0.258 e. The molecule has 17 heavy (non-hydrogen) atoms. The van der Waals surface area contributed by atoms with Crippen LogP contribution >= 0.6 is 11.3 Å². The molecule has 2 aromatic rings. The van der Waals surface area contributed by atoms with Crippen molar-refractivity contribution in [1.82, 2.24) is 9.97 Å². The Morgan fingerprint density at radius 2 is 2.29 bits per heavy atom. The van der Waals surface area contributed by atoms with Crippen molar-refractivity contribution < 1.29 is 9.53 Å². The summed E-state index contributed by atoms with van der Waals surface area (Å²) in [5, 5.41) is 0. The first-order valence-corrected chi connectivity index (χ1v) is 5.87. The quantitative estimate of drug-likeness (QED) is 0.894. The zero-order valence-electron chi connectivity index (χ0n) is 9.21. The minimum absolute atomic E-state index is 0.435. The molecule has 0 aliphatic rings. The smallest absolute Gasteiger partial charge is 0.258 e. The van der Waals surface area contributed by atoms with Gasteiger partial charge in [0.15, 0.2) is 0 Å². The summed E-state index contributed by atoms with van der Waals surface area (Å²) in [4.78, 5) is 20.6. The molecule has 0 aliphatic heterocycles. The second-order valence-electron chi connectivity index (χ2n) is 3.20. The van der Waals surface area contributed by atoms with Gasteiger partial charge in [0.25, 0.3) is 5.91 Å². The summed E-state index contributed by atoms with van der Waals surface area (Å²) in [5.41, 5.74) is 5.87. The lowest BCUT2D eigenvalue weighted by molar-refractivity contribution is 0.100. The van der Waals surface area contributed by atoms with Crippen LogP contribution in [0.4, 0.5) is 0 Å². The van der Waals surface area contributed by atoms with E-state index in [1.165, 1.54) is 11.3 Å². The molecule has 0 fully saturated rings. The van der Waals surface area contributed by atoms with Crippen LogP contribution in [0.2, 0.25) is 0 Å². The summed E-state index contributed by atoms with van der Waals surface area (Å²) < 4.78 is 5.26. The molecule has 0 saturated carbocycles. The zero-order valence-corrected chi connectivity index (χ0v) is 10.0. The maximum atomic E-state index is 11.0. The summed E-state index contributed by atoms with van der Waals surface area (Å²) in [6.45, 7) is 2.42. The summed E-state index contributed by atoms with van der Waals surface area (Å²) in [6.07, 6.45) is 3.18. The standard InChI is InChI=1S/C11H11N3O2S/c1-2-16-10-6-13-5-7(14-10)8-3-4-9(17-8)11(12)15/h3-6H,2H2,1H3,(H2,12,15). The Hall–Kier alpha value is -1.95. The number of nitrogens with two attached hydrogens (primary N) is 1. The van der Waals surface area contributed by atoms with Crippen molar-refractivity contribution in [2.24, 2.45) is 5.73 Å². The van der Waals surface area contributed by atoms with E-state index in [0.717, 1.165) is 4.88 Å². The van der Waals surface area contributed by atoms with Crippen LogP contribution in [-0.4, -0.2) is 22.5 Å². The van der Waals surface area contributed by atoms with Crippen LogP contribution in [0.3, 0.4) is 0 Å². The van der Waals surface area contributed by atoms with Crippen molar-refractivity contribution in [3.63, 3.8) is 0 Å². The molecular weight excluding hydrogens is 238 g/mol. The molecule has 0 radical (unpaired) electrons. The van der Waals surface area contributed by atoms with Gasteiger partial charge in [0.05, 0.1) is 28.8 Å². The maximum absolute atomic E-state index is 11.0. The monoisotopic (exact) mass is 249 g/mol. The predicted molar refractivity (Wildman–Crippen MR) is 65.0 cm³/mol. The van der Waals surface area contributed by atoms with Crippen LogP contribution in [0.25, 0.3) is 10.6 Å². The third-order valence-corrected chi connectivity index (χ3v) is 3.13. The highest BCUT2D eigenvalue weighted by Gasteiger charge is 2.09. The average molecular weight is 249 g/mol. The second-order valence-corrected chi connectivity index (χ2v) is 4.29. The van der Waals surface area contributed by atoms with Gasteiger partial charge in [-0.3, -0.25) is 9.78 Å². The zero-order chi connectivity index (χ0) is 12.3. The first kappa shape index (κ1) is 11.5. The van der Waals surface area contributed by atoms with Crippen LogP contribution in [0, 0.1) is 0 Å². The minimum Gasteiger partial charge on any atom is -0.477 e. The SMILES string of the molecule is CCOc1cncc(-c2ccc(C(N)=O)s2)n1. The molecule has 2 aromatic heterocycles. The summed E-state index contributed by atoms with van der Waals surface area (Å²) in [6, 6.07) is 3.47. The minimum atomic E-state index is -0.435. The third-order valence-electron chi connectivity index (χ3n) is 2.01. The number of hydrogen-bond acceptors (Lipinski definition) is 5. The van der Waals surface area contributed by atoms with Crippen molar-refractivity contribution in [2.75, 3.05) is 6.61 Å². The van der Waals surface area contributed by atoms with Gasteiger partial charge in [-0.25, -0.2) is 4.98 Å². The molecule has 88 valence electrons. The van der Waals surface area contributed by atoms with E-state index in [-0.39, 0.29) is 0 Å². The lowest BCUT2D eigenvalue weighted by Crippen LogP contribution is -2.07. The molecule has 0 spiro atoms. The Morgan fingerprint density at radius 1 is 1.47 bits per heavy atom. The van der Waals surface area contributed by atoms with Crippen LogP contribution < -0.4 is 10.5 Å². The Kier molecular flexibility index (Phi) is 3.34. The Morgan fingerprint density at radius 3 is 2.94 bits per heavy atom. The number of aromatic nitrogens is 2. The largest absolute Gasteiger partial charge is 0.477 e. The third kappa shape index (κ3) is 2.59. The van der Waals surface area contributed by atoms with Gasteiger partial charge in [-0.05, 0) is 19.1 Å². The number of thiophene rings is 1. The number of hydrogen-bond donors (Lipinski definition) is 1. The Labute approximate surface area is 102 Å². The first-order chi connectivity index (χ1) is 8.20. The van der Waals surface area contributed by atoms with E-state index in [9.17, 15) is 4.79 Å². The highest BCUT2D eigenvalue weighted by molar-refractivity contribution is 7.17. The van der Waals surface area contributed by atoms with Gasteiger partial charge in [0, 0.05) is 0 Å². The van der Waals surface area contributed by atoms with Gasteiger partial charge in [-0.15, -0.1) is 11.3 Å². The second kappa shape index (κ2) is 4.92. The molecule has 5 nitrogen and oxygen atoms in total. The fourth-order valence-electron chi connectivity index (χ4n) is 1.29. The van der Waals surface area contributed by atoms with Gasteiger partial charge >= 0.3 is 0 Å². The number of primary amides is 1. The number of rotatable bonds is 4. The molecule has 0 atom stereocenters. The van der Waals surface area contributed by atoms with E-state index in [1.54, 1.807) is 24.5 Å². The van der Waals surface area contributed by atoms with Gasteiger partial charge in [0.2, 0.25) is 5.88 Å². The number of ether oxygens (including phenoxy) is 1. The van der Waals surface area contributed by atoms with E-state index in [2.05, 4.69) is 9.97 Å². The number of amides is 1. The fraction of sp³-hybridized carbons (Fsp3) is 0.182. The van der Waals surface area contributed by atoms with Crippen LogP contribution in [0.15, 0.2) is 24.5 Å². The Bertz CT molecular complexity index is 539. The highest BCUT2D eigenvalue weighted by atomic mass is 32.1. The average Bonchev–Trinajstić information content (AvgIpc) is 2.79. The summed E-state index contributed by atoms with van der Waals surface area (Å²) in [7, 11) is 0. The molecule has 0 saturated heterocycles. The van der Waals surface area contributed by atoms with Crippen molar-refractivity contribution in [3.05, 3.63) is 29.4 Å². The van der Waals surface area contributed by atoms with E-state index >= 15 is 0 Å². The van der Waals surface area contributed by atoms with Gasteiger partial charge < -0.3 is 10.5 Å². The van der Waals surface area contributed by atoms with Gasteiger partial charge in [-0.2, -0.15) is 0 Å². The number of carbonyl (C=O) groups excluding carboxylic acids is 1. The van der Waals surface area contributed by atoms with Crippen LogP contribution in [0.5, 0.6) is 5.88 Å². The van der Waals surface area contributed by atoms with Crippen molar-refractivity contribution in [3.8, 4) is 16.5 Å². The number of carbonyl (C=O) groups is 1. The molecule has 2 heterocycles. The lowest BCUT2D eigenvalue weighted by Gasteiger charge is -2.02. The molecule has 2 N–H and O–H groups in total. The molecule has 0 unspecified atom stereocenters. The van der Waals surface area contributed by atoms with Crippen LogP contribution in [0.1, 0.15) is 16.6 Å². The fourth-order valence-corrected chi connectivity index (χ4v) is 2.10. The highest BCUT2D eigenvalue weighted by Crippen LogP contribution is 2.26. The van der Waals surface area contributed by atoms with Gasteiger partial charge in [0.1, 0.15) is 5.69 Å². The number of nitrogens with zero attached hydrogens (tertiary/aromatic N) is 2. The lowest BCUT2D eigenvalue weighted by atomic mass is 10.3. The topological polar surface area (TPSA) is 78.1 Å². The van der Waals surface area contributed by atoms with Crippen molar-refractivity contribution in [1.29, 1.82) is 0 Å². The molecule has 1 amide bonds. The molecule has 0 bridgehead atoms. The van der Waals surface area contributed by atoms with E-state index in [4.69, 9.17) is 10.5 Å². The molecular formula is C11H11N3O2S. The van der Waals surface area contributed by atoms with Crippen molar-refractivity contribution >= 4 is 17.2 Å². The van der Waals surface area contributed by atoms with E-state index in [0.29, 0.717) is 23.1 Å². The molecule has 0 aliphatic carbocycles. The molecule has 2 rings (SSSR count). The summed E-state index contributed by atoms with van der Waals surface area (Å²) in [5.74, 6) is 0.0363. The predicted octanol–water partition coefficient (Wildman–Crippen LogP) is 1.70. The normalized spacial score (nSPS) is 10.2. The first-order valence-electron chi connectivity index (χ1n) is 5.05. The van der Waals surface area contributed by atoms with Crippen molar-refractivity contribution in [2.45, 2.75) is 6.92 Å². The van der Waals surface area contributed by atoms with E-state index < -0.39 is 5.91 Å². The summed E-state index contributed by atoms with van der Waals surface area (Å²) >= 11 is 1.29. The molecule has 6 heteroatoms. The molecule has 0 aromatic carbocycles.